The lowest BCUT2D eigenvalue weighted by Crippen LogP contribution is -2.15. The van der Waals surface area contributed by atoms with Crippen LogP contribution in [-0.4, -0.2) is 18.9 Å². The average Bonchev–Trinajstić information content (AvgIpc) is 2.99. The lowest BCUT2D eigenvalue weighted by Gasteiger charge is -2.07. The Morgan fingerprint density at radius 2 is 2.04 bits per heavy atom. The van der Waals surface area contributed by atoms with Gasteiger partial charge in [0.15, 0.2) is 5.16 Å². The summed E-state index contributed by atoms with van der Waals surface area (Å²) >= 11 is 1.58. The van der Waals surface area contributed by atoms with E-state index < -0.39 is 0 Å². The summed E-state index contributed by atoms with van der Waals surface area (Å²) in [7, 11) is 0. The van der Waals surface area contributed by atoms with E-state index in [1.807, 2.05) is 49.5 Å². The molecule has 0 atom stereocenters. The number of pyridine rings is 1. The maximum Gasteiger partial charge on any atom is 0.258 e. The van der Waals surface area contributed by atoms with E-state index in [0.29, 0.717) is 17.9 Å². The van der Waals surface area contributed by atoms with E-state index in [0.717, 1.165) is 27.4 Å². The smallest absolute Gasteiger partial charge is 0.258 e. The van der Waals surface area contributed by atoms with Crippen molar-refractivity contribution in [1.29, 1.82) is 0 Å². The predicted molar refractivity (Wildman–Crippen MR) is 106 cm³/mol. The van der Waals surface area contributed by atoms with E-state index >= 15 is 0 Å². The Labute approximate surface area is 155 Å². The van der Waals surface area contributed by atoms with Gasteiger partial charge in [0, 0.05) is 24.6 Å². The van der Waals surface area contributed by atoms with Crippen molar-refractivity contribution in [1.82, 2.24) is 18.9 Å². The molecule has 26 heavy (non-hydrogen) atoms. The number of rotatable bonds is 5. The Bertz CT molecular complexity index is 1180. The van der Waals surface area contributed by atoms with Crippen molar-refractivity contribution in [3.05, 3.63) is 82.9 Å². The van der Waals surface area contributed by atoms with Crippen LogP contribution in [0.3, 0.4) is 0 Å². The minimum atomic E-state index is -0.0612. The third-order valence-electron chi connectivity index (χ3n) is 4.14. The molecule has 5 nitrogen and oxygen atoms in total. The molecule has 0 amide bonds. The summed E-state index contributed by atoms with van der Waals surface area (Å²) in [6.07, 6.45) is 3.67. The molecular formula is C20H18N4OS. The fourth-order valence-corrected chi connectivity index (χ4v) is 3.86. The average molecular weight is 362 g/mol. The monoisotopic (exact) mass is 362 g/mol. The first-order valence-electron chi connectivity index (χ1n) is 8.33. The number of imidazole rings is 1. The zero-order valence-electron chi connectivity index (χ0n) is 14.4. The van der Waals surface area contributed by atoms with Gasteiger partial charge >= 0.3 is 0 Å². The predicted octanol–water partition coefficient (Wildman–Crippen LogP) is 3.83. The fourth-order valence-electron chi connectivity index (χ4n) is 2.94. The van der Waals surface area contributed by atoms with Crippen molar-refractivity contribution in [3.63, 3.8) is 0 Å². The van der Waals surface area contributed by atoms with Crippen LogP contribution in [0.4, 0.5) is 0 Å². The normalized spacial score (nSPS) is 11.3. The summed E-state index contributed by atoms with van der Waals surface area (Å²) in [5.74, 6) is 0.583. The van der Waals surface area contributed by atoms with Crippen LogP contribution in [0.1, 0.15) is 11.3 Å². The quantitative estimate of drug-likeness (QED) is 0.400. The molecule has 130 valence electrons. The van der Waals surface area contributed by atoms with Gasteiger partial charge in [-0.05, 0) is 30.7 Å². The third kappa shape index (κ3) is 3.04. The Kier molecular flexibility index (Phi) is 4.34. The Hall–Kier alpha value is -2.86. The fraction of sp³-hybridized carbons (Fsp3) is 0.150. The number of fused-ring (bicyclic) bond motifs is 2. The van der Waals surface area contributed by atoms with E-state index in [1.165, 1.54) is 0 Å². The van der Waals surface area contributed by atoms with Crippen molar-refractivity contribution < 1.29 is 0 Å². The van der Waals surface area contributed by atoms with Gasteiger partial charge in [0.1, 0.15) is 5.65 Å². The number of thioether (sulfide) groups is 1. The van der Waals surface area contributed by atoms with Crippen molar-refractivity contribution in [3.8, 4) is 0 Å². The molecule has 0 unspecified atom stereocenters. The zero-order valence-corrected chi connectivity index (χ0v) is 15.2. The standard InChI is InChI=1S/C20H18N4OS/c1-3-10-23-17-7-5-4-6-16(17)22-20(23)26-13-15-11-19(25)24-12-14(2)8-9-18(24)21-15/h3-9,11-12H,1,10,13H2,2H3. The molecule has 1 aromatic carbocycles. The molecule has 0 aliphatic heterocycles. The molecule has 0 bridgehead atoms. The molecule has 0 aliphatic carbocycles. The molecule has 4 rings (SSSR count). The van der Waals surface area contributed by atoms with Gasteiger partial charge in [0.2, 0.25) is 0 Å². The van der Waals surface area contributed by atoms with E-state index in [4.69, 9.17) is 4.98 Å². The number of hydrogen-bond acceptors (Lipinski definition) is 4. The van der Waals surface area contributed by atoms with Gasteiger partial charge < -0.3 is 4.57 Å². The molecule has 0 aliphatic rings. The number of benzene rings is 1. The molecule has 0 spiro atoms. The van der Waals surface area contributed by atoms with Gasteiger partial charge in [-0.1, -0.05) is 36.0 Å². The Balaban J connectivity index is 1.67. The lowest BCUT2D eigenvalue weighted by atomic mass is 10.3. The molecule has 3 heterocycles. The Morgan fingerprint density at radius 1 is 1.19 bits per heavy atom. The summed E-state index contributed by atoms with van der Waals surface area (Å²) in [5, 5.41) is 0.900. The van der Waals surface area contributed by atoms with Crippen LogP contribution in [0, 0.1) is 6.92 Å². The summed E-state index contributed by atoms with van der Waals surface area (Å²) in [5.41, 5.74) is 4.42. The van der Waals surface area contributed by atoms with Crippen molar-refractivity contribution in [2.75, 3.05) is 0 Å². The molecule has 4 aromatic rings. The summed E-state index contributed by atoms with van der Waals surface area (Å²) < 4.78 is 3.71. The van der Waals surface area contributed by atoms with Gasteiger partial charge in [0.05, 0.1) is 16.7 Å². The summed E-state index contributed by atoms with van der Waals surface area (Å²) in [6, 6.07) is 13.5. The first-order valence-corrected chi connectivity index (χ1v) is 9.32. The van der Waals surface area contributed by atoms with Crippen molar-refractivity contribution in [2.24, 2.45) is 0 Å². The second-order valence-corrected chi connectivity index (χ2v) is 7.03. The zero-order chi connectivity index (χ0) is 18.1. The van der Waals surface area contributed by atoms with Crippen LogP contribution in [0.25, 0.3) is 16.7 Å². The van der Waals surface area contributed by atoms with E-state index in [9.17, 15) is 4.79 Å². The van der Waals surface area contributed by atoms with E-state index in [-0.39, 0.29) is 5.56 Å². The molecule has 0 saturated heterocycles. The molecular weight excluding hydrogens is 344 g/mol. The lowest BCUT2D eigenvalue weighted by molar-refractivity contribution is 0.748. The second kappa shape index (κ2) is 6.80. The van der Waals surface area contributed by atoms with Crippen LogP contribution < -0.4 is 5.56 Å². The van der Waals surface area contributed by atoms with Crippen LogP contribution in [0.2, 0.25) is 0 Å². The van der Waals surface area contributed by atoms with Gasteiger partial charge in [-0.3, -0.25) is 9.20 Å². The first kappa shape index (κ1) is 16.6. The molecule has 6 heteroatoms. The highest BCUT2D eigenvalue weighted by molar-refractivity contribution is 7.98. The highest BCUT2D eigenvalue weighted by Crippen LogP contribution is 2.26. The van der Waals surface area contributed by atoms with E-state index in [1.54, 1.807) is 22.2 Å². The largest absolute Gasteiger partial charge is 0.315 e. The number of allylic oxidation sites excluding steroid dienone is 1. The van der Waals surface area contributed by atoms with Crippen LogP contribution in [0.5, 0.6) is 0 Å². The SMILES string of the molecule is C=CCn1c(SCc2cc(=O)n3cc(C)ccc3n2)nc2ccccc21. The van der Waals surface area contributed by atoms with Gasteiger partial charge in [-0.2, -0.15) is 0 Å². The first-order chi connectivity index (χ1) is 12.7. The highest BCUT2D eigenvalue weighted by atomic mass is 32.2. The van der Waals surface area contributed by atoms with Gasteiger partial charge in [0.25, 0.3) is 5.56 Å². The van der Waals surface area contributed by atoms with Gasteiger partial charge in [-0.25, -0.2) is 9.97 Å². The molecule has 3 aromatic heterocycles. The maximum absolute atomic E-state index is 12.4. The number of nitrogens with zero attached hydrogens (tertiary/aromatic N) is 4. The number of hydrogen-bond donors (Lipinski definition) is 0. The van der Waals surface area contributed by atoms with Crippen LogP contribution in [0.15, 0.2) is 71.3 Å². The third-order valence-corrected chi connectivity index (χ3v) is 5.15. The maximum atomic E-state index is 12.4. The van der Waals surface area contributed by atoms with Crippen LogP contribution >= 0.6 is 11.8 Å². The topological polar surface area (TPSA) is 52.2 Å². The van der Waals surface area contributed by atoms with Crippen LogP contribution in [-0.2, 0) is 12.3 Å². The molecule has 0 N–H and O–H groups in total. The number of aryl methyl sites for hydroxylation is 1. The minimum Gasteiger partial charge on any atom is -0.315 e. The number of para-hydroxylation sites is 2. The van der Waals surface area contributed by atoms with E-state index in [2.05, 4.69) is 22.2 Å². The molecule has 0 saturated carbocycles. The van der Waals surface area contributed by atoms with Crippen molar-refractivity contribution in [2.45, 2.75) is 24.4 Å². The molecule has 0 radical (unpaired) electrons. The number of aromatic nitrogens is 4. The molecule has 0 fully saturated rings. The Morgan fingerprint density at radius 3 is 2.88 bits per heavy atom. The minimum absolute atomic E-state index is 0.0612. The summed E-state index contributed by atoms with van der Waals surface area (Å²) in [6.45, 7) is 6.49. The van der Waals surface area contributed by atoms with Gasteiger partial charge in [-0.15, -0.1) is 6.58 Å². The second-order valence-electron chi connectivity index (χ2n) is 6.09. The highest BCUT2D eigenvalue weighted by Gasteiger charge is 2.11. The summed E-state index contributed by atoms with van der Waals surface area (Å²) in [4.78, 5) is 21.7. The van der Waals surface area contributed by atoms with Crippen molar-refractivity contribution >= 4 is 28.4 Å².